The highest BCUT2D eigenvalue weighted by atomic mass is 16.5. The monoisotopic (exact) mass is 171 g/mol. The van der Waals surface area contributed by atoms with E-state index in [9.17, 15) is 4.79 Å². The van der Waals surface area contributed by atoms with Gasteiger partial charge in [0.1, 0.15) is 0 Å². The average molecular weight is 171 g/mol. The Hall–Kier alpha value is -0.990. The van der Waals surface area contributed by atoms with Crippen LogP contribution in [0.25, 0.3) is 0 Å². The molecular formula is C9H17NO2. The number of carbonyl (C=O) groups excluding carboxylic acids is 1. The zero-order valence-electron chi connectivity index (χ0n) is 8.02. The van der Waals surface area contributed by atoms with E-state index in [0.717, 1.165) is 18.4 Å². The van der Waals surface area contributed by atoms with E-state index in [0.29, 0.717) is 6.61 Å². The van der Waals surface area contributed by atoms with Gasteiger partial charge < -0.3 is 4.74 Å². The Kier molecular flexibility index (Phi) is 6.15. The standard InChI is InChI=1S/C9H17NO2/c1-4-6-8(3)7-10-9(11)12-5-2/h7H,4-6H2,1-3H3,(H,10,11)/b8-7+. The minimum Gasteiger partial charge on any atom is -0.450 e. The van der Waals surface area contributed by atoms with Crippen LogP contribution in [0.2, 0.25) is 0 Å². The smallest absolute Gasteiger partial charge is 0.411 e. The van der Waals surface area contributed by atoms with E-state index in [4.69, 9.17) is 0 Å². The zero-order chi connectivity index (χ0) is 9.40. The third kappa shape index (κ3) is 5.77. The fourth-order valence-electron chi connectivity index (χ4n) is 0.821. The molecular weight excluding hydrogens is 154 g/mol. The van der Waals surface area contributed by atoms with Gasteiger partial charge in [-0.2, -0.15) is 0 Å². The number of amides is 1. The Morgan fingerprint density at radius 2 is 2.17 bits per heavy atom. The van der Waals surface area contributed by atoms with Crippen LogP contribution in [0.1, 0.15) is 33.6 Å². The molecule has 0 spiro atoms. The van der Waals surface area contributed by atoms with Gasteiger partial charge in [-0.3, -0.25) is 5.32 Å². The molecule has 0 aliphatic rings. The van der Waals surface area contributed by atoms with Crippen molar-refractivity contribution in [3.05, 3.63) is 11.8 Å². The van der Waals surface area contributed by atoms with E-state index < -0.39 is 0 Å². The molecule has 0 bridgehead atoms. The van der Waals surface area contributed by atoms with Crippen molar-refractivity contribution in [2.24, 2.45) is 0 Å². The van der Waals surface area contributed by atoms with Gasteiger partial charge in [-0.25, -0.2) is 4.79 Å². The molecule has 0 saturated heterocycles. The van der Waals surface area contributed by atoms with Crippen LogP contribution in [0.3, 0.4) is 0 Å². The molecule has 0 heterocycles. The molecule has 70 valence electrons. The molecule has 0 aromatic rings. The van der Waals surface area contributed by atoms with Gasteiger partial charge in [0, 0.05) is 6.20 Å². The van der Waals surface area contributed by atoms with Crippen molar-refractivity contribution in [3.63, 3.8) is 0 Å². The van der Waals surface area contributed by atoms with Gasteiger partial charge in [0.2, 0.25) is 0 Å². The minimum absolute atomic E-state index is 0.382. The summed E-state index contributed by atoms with van der Waals surface area (Å²) in [5.74, 6) is 0. The molecule has 1 amide bonds. The molecule has 3 heteroatoms. The molecule has 0 aromatic carbocycles. The van der Waals surface area contributed by atoms with Gasteiger partial charge in [-0.15, -0.1) is 0 Å². The molecule has 0 aromatic heterocycles. The Morgan fingerprint density at radius 3 is 2.67 bits per heavy atom. The molecule has 12 heavy (non-hydrogen) atoms. The van der Waals surface area contributed by atoms with Crippen LogP contribution in [0, 0.1) is 0 Å². The van der Waals surface area contributed by atoms with Crippen LogP contribution in [0.5, 0.6) is 0 Å². The van der Waals surface area contributed by atoms with Gasteiger partial charge in [-0.05, 0) is 20.3 Å². The van der Waals surface area contributed by atoms with Crippen molar-refractivity contribution in [2.45, 2.75) is 33.6 Å². The highest BCUT2D eigenvalue weighted by Crippen LogP contribution is 2.00. The van der Waals surface area contributed by atoms with Crippen molar-refractivity contribution >= 4 is 6.09 Å². The first-order valence-electron chi connectivity index (χ1n) is 4.29. The zero-order valence-corrected chi connectivity index (χ0v) is 8.02. The first kappa shape index (κ1) is 11.0. The van der Waals surface area contributed by atoms with Crippen LogP contribution in [0.15, 0.2) is 11.8 Å². The van der Waals surface area contributed by atoms with Gasteiger partial charge in [0.05, 0.1) is 6.61 Å². The van der Waals surface area contributed by atoms with E-state index in [-0.39, 0.29) is 6.09 Å². The fraction of sp³-hybridized carbons (Fsp3) is 0.667. The molecule has 1 N–H and O–H groups in total. The lowest BCUT2D eigenvalue weighted by Gasteiger charge is -2.01. The maximum atomic E-state index is 10.8. The normalized spacial score (nSPS) is 11.1. The largest absolute Gasteiger partial charge is 0.450 e. The molecule has 0 rings (SSSR count). The molecule has 0 saturated carbocycles. The second-order valence-electron chi connectivity index (χ2n) is 2.61. The number of allylic oxidation sites excluding steroid dienone is 1. The highest BCUT2D eigenvalue weighted by Gasteiger charge is 1.95. The number of carbonyl (C=O) groups is 1. The summed E-state index contributed by atoms with van der Waals surface area (Å²) < 4.78 is 4.68. The third-order valence-corrected chi connectivity index (χ3v) is 1.36. The number of hydrogen-bond acceptors (Lipinski definition) is 2. The maximum Gasteiger partial charge on any atom is 0.411 e. The van der Waals surface area contributed by atoms with E-state index in [1.54, 1.807) is 13.1 Å². The third-order valence-electron chi connectivity index (χ3n) is 1.36. The molecule has 3 nitrogen and oxygen atoms in total. The Labute approximate surface area is 73.8 Å². The lowest BCUT2D eigenvalue weighted by molar-refractivity contribution is 0.156. The molecule has 0 unspecified atom stereocenters. The summed E-state index contributed by atoms with van der Waals surface area (Å²) in [5.41, 5.74) is 1.16. The summed E-state index contributed by atoms with van der Waals surface area (Å²) in [6, 6.07) is 0. The molecule has 0 aliphatic carbocycles. The lowest BCUT2D eigenvalue weighted by atomic mass is 10.2. The maximum absolute atomic E-state index is 10.8. The Bertz CT molecular complexity index is 164. The number of alkyl carbamates (subject to hydrolysis) is 1. The lowest BCUT2D eigenvalue weighted by Crippen LogP contribution is -2.18. The number of rotatable bonds is 4. The SMILES string of the molecule is CCC/C(C)=C/NC(=O)OCC. The van der Waals surface area contributed by atoms with Crippen molar-refractivity contribution in [1.29, 1.82) is 0 Å². The van der Waals surface area contributed by atoms with Crippen LogP contribution in [0.4, 0.5) is 4.79 Å². The van der Waals surface area contributed by atoms with Gasteiger partial charge in [-0.1, -0.05) is 18.9 Å². The molecule has 0 radical (unpaired) electrons. The van der Waals surface area contributed by atoms with Crippen molar-refractivity contribution in [3.8, 4) is 0 Å². The fourth-order valence-corrected chi connectivity index (χ4v) is 0.821. The quantitative estimate of drug-likeness (QED) is 0.705. The summed E-state index contributed by atoms with van der Waals surface area (Å²) in [6.07, 6.45) is 3.41. The Balaban J connectivity index is 3.63. The minimum atomic E-state index is -0.382. The predicted molar refractivity (Wildman–Crippen MR) is 48.8 cm³/mol. The summed E-state index contributed by atoms with van der Waals surface area (Å²) in [6.45, 7) is 6.27. The second-order valence-corrected chi connectivity index (χ2v) is 2.61. The van der Waals surface area contributed by atoms with Crippen LogP contribution >= 0.6 is 0 Å². The first-order valence-corrected chi connectivity index (χ1v) is 4.29. The van der Waals surface area contributed by atoms with Crippen molar-refractivity contribution in [1.82, 2.24) is 5.32 Å². The second kappa shape index (κ2) is 6.70. The van der Waals surface area contributed by atoms with Crippen LogP contribution in [-0.4, -0.2) is 12.7 Å². The topological polar surface area (TPSA) is 38.3 Å². The summed E-state index contributed by atoms with van der Waals surface area (Å²) in [5, 5.41) is 2.54. The van der Waals surface area contributed by atoms with E-state index in [1.807, 2.05) is 6.92 Å². The summed E-state index contributed by atoms with van der Waals surface area (Å²) in [7, 11) is 0. The molecule has 0 atom stereocenters. The number of nitrogens with one attached hydrogen (secondary N) is 1. The van der Waals surface area contributed by atoms with Gasteiger partial charge >= 0.3 is 6.09 Å². The molecule has 0 fully saturated rings. The van der Waals surface area contributed by atoms with Crippen molar-refractivity contribution in [2.75, 3.05) is 6.61 Å². The predicted octanol–water partition coefficient (Wildman–Crippen LogP) is 2.44. The first-order chi connectivity index (χ1) is 5.70. The number of hydrogen-bond donors (Lipinski definition) is 1. The summed E-state index contributed by atoms with van der Waals surface area (Å²) >= 11 is 0. The van der Waals surface area contributed by atoms with E-state index in [2.05, 4.69) is 17.0 Å². The van der Waals surface area contributed by atoms with Crippen LogP contribution < -0.4 is 5.32 Å². The van der Waals surface area contributed by atoms with Crippen LogP contribution in [-0.2, 0) is 4.74 Å². The van der Waals surface area contributed by atoms with E-state index in [1.165, 1.54) is 0 Å². The van der Waals surface area contributed by atoms with Gasteiger partial charge in [0.15, 0.2) is 0 Å². The summed E-state index contributed by atoms with van der Waals surface area (Å²) in [4.78, 5) is 10.8. The van der Waals surface area contributed by atoms with E-state index >= 15 is 0 Å². The Morgan fingerprint density at radius 1 is 1.50 bits per heavy atom. The highest BCUT2D eigenvalue weighted by molar-refractivity contribution is 5.68. The van der Waals surface area contributed by atoms with Gasteiger partial charge in [0.25, 0.3) is 0 Å². The van der Waals surface area contributed by atoms with Crippen molar-refractivity contribution < 1.29 is 9.53 Å². The number of ether oxygens (including phenoxy) is 1. The molecule has 0 aliphatic heterocycles. The average Bonchev–Trinajstić information content (AvgIpc) is 2.02.